The van der Waals surface area contributed by atoms with E-state index < -0.39 is 35.9 Å². The number of ether oxygens (including phenoxy) is 2. The summed E-state index contributed by atoms with van der Waals surface area (Å²) < 4.78 is 9.98. The fourth-order valence-electron chi connectivity index (χ4n) is 3.57. The van der Waals surface area contributed by atoms with Crippen LogP contribution in [0.5, 0.6) is 5.88 Å². The molecule has 1 aliphatic heterocycles. The van der Waals surface area contributed by atoms with Gasteiger partial charge in [-0.1, -0.05) is 36.4 Å². The van der Waals surface area contributed by atoms with Crippen molar-refractivity contribution in [2.24, 2.45) is 0 Å². The molecule has 1 aliphatic rings. The van der Waals surface area contributed by atoms with Crippen LogP contribution < -0.4 is 20.7 Å². The van der Waals surface area contributed by atoms with E-state index in [1.165, 1.54) is 14.2 Å². The van der Waals surface area contributed by atoms with Gasteiger partial charge in [0.25, 0.3) is 0 Å². The van der Waals surface area contributed by atoms with Crippen LogP contribution in [-0.4, -0.2) is 61.0 Å². The molecule has 3 amide bonds. The van der Waals surface area contributed by atoms with E-state index in [0.29, 0.717) is 17.9 Å². The number of esters is 1. The van der Waals surface area contributed by atoms with E-state index in [1.807, 2.05) is 30.3 Å². The summed E-state index contributed by atoms with van der Waals surface area (Å²) in [6.07, 6.45) is 1.64. The predicted molar refractivity (Wildman–Crippen MR) is 117 cm³/mol. The Bertz CT molecular complexity index is 1010. The molecule has 1 saturated heterocycles. The lowest BCUT2D eigenvalue weighted by Gasteiger charge is -2.29. The van der Waals surface area contributed by atoms with Gasteiger partial charge in [-0.05, 0) is 11.6 Å². The largest absolute Gasteiger partial charge is 0.481 e. The maximum Gasteiger partial charge on any atom is 0.328 e. The lowest BCUT2D eigenvalue weighted by Crippen LogP contribution is -2.63. The standard InChI is InChI=1S/C23H26N4O6/c1-32-22-15(9-6-10-24-22)12-18(23(31)33-2)25-19(28)13-17-21(30)26-16(20(29)27-17)11-14-7-4-3-5-8-14/h3-10,16-18H,11-13H2,1-2H3,(H,25,28)(H,26,30)(H,27,29)/t16-,17-,18+/m0/s1. The minimum atomic E-state index is -1.05. The van der Waals surface area contributed by atoms with E-state index in [1.54, 1.807) is 18.3 Å². The number of rotatable bonds is 9. The fraction of sp³-hybridized carbons (Fsp3) is 0.348. The average Bonchev–Trinajstić information content (AvgIpc) is 2.82. The molecule has 1 aromatic heterocycles. The number of methoxy groups -OCH3 is 2. The van der Waals surface area contributed by atoms with Crippen LogP contribution in [-0.2, 0) is 36.8 Å². The highest BCUT2D eigenvalue weighted by Crippen LogP contribution is 2.16. The third kappa shape index (κ3) is 6.28. The number of aromatic nitrogens is 1. The van der Waals surface area contributed by atoms with Crippen molar-refractivity contribution in [3.63, 3.8) is 0 Å². The zero-order chi connectivity index (χ0) is 23.8. The molecule has 3 N–H and O–H groups in total. The number of carbonyl (C=O) groups is 4. The molecular formula is C23H26N4O6. The first-order valence-corrected chi connectivity index (χ1v) is 10.4. The summed E-state index contributed by atoms with van der Waals surface area (Å²) in [4.78, 5) is 53.9. The monoisotopic (exact) mass is 454 g/mol. The Morgan fingerprint density at radius 3 is 2.42 bits per heavy atom. The Labute approximate surface area is 191 Å². The van der Waals surface area contributed by atoms with E-state index in [-0.39, 0.29) is 18.7 Å². The summed E-state index contributed by atoms with van der Waals surface area (Å²) in [6, 6.07) is 9.91. The number of pyridine rings is 1. The predicted octanol–water partition coefficient (Wildman–Crippen LogP) is -0.0935. The van der Waals surface area contributed by atoms with Crippen LogP contribution in [0.2, 0.25) is 0 Å². The number of amides is 3. The van der Waals surface area contributed by atoms with Crippen LogP contribution >= 0.6 is 0 Å². The summed E-state index contributed by atoms with van der Waals surface area (Å²) in [6.45, 7) is 0. The van der Waals surface area contributed by atoms with Gasteiger partial charge < -0.3 is 25.4 Å². The van der Waals surface area contributed by atoms with Gasteiger partial charge >= 0.3 is 5.97 Å². The summed E-state index contributed by atoms with van der Waals surface area (Å²) in [7, 11) is 2.66. The van der Waals surface area contributed by atoms with Crippen LogP contribution in [0.1, 0.15) is 17.5 Å². The molecule has 174 valence electrons. The van der Waals surface area contributed by atoms with E-state index in [0.717, 1.165) is 5.56 Å². The summed E-state index contributed by atoms with van der Waals surface area (Å²) in [5.74, 6) is -1.76. The number of hydrogen-bond acceptors (Lipinski definition) is 7. The summed E-state index contributed by atoms with van der Waals surface area (Å²) >= 11 is 0. The number of nitrogens with zero attached hydrogens (tertiary/aromatic N) is 1. The van der Waals surface area contributed by atoms with Crippen molar-refractivity contribution in [3.05, 3.63) is 59.8 Å². The van der Waals surface area contributed by atoms with Crippen molar-refractivity contribution in [2.75, 3.05) is 14.2 Å². The van der Waals surface area contributed by atoms with Gasteiger partial charge in [0.15, 0.2) is 0 Å². The molecule has 0 aliphatic carbocycles. The van der Waals surface area contributed by atoms with Gasteiger partial charge in [0.05, 0.1) is 20.6 Å². The van der Waals surface area contributed by atoms with E-state index in [4.69, 9.17) is 9.47 Å². The van der Waals surface area contributed by atoms with Crippen LogP contribution in [0.15, 0.2) is 48.7 Å². The number of benzene rings is 1. The Morgan fingerprint density at radius 1 is 1.03 bits per heavy atom. The number of carbonyl (C=O) groups excluding carboxylic acids is 4. The average molecular weight is 454 g/mol. The van der Waals surface area contributed by atoms with E-state index >= 15 is 0 Å². The third-order valence-electron chi connectivity index (χ3n) is 5.23. The highest BCUT2D eigenvalue weighted by Gasteiger charge is 2.35. The van der Waals surface area contributed by atoms with Crippen LogP contribution in [0, 0.1) is 0 Å². The minimum Gasteiger partial charge on any atom is -0.481 e. The first-order chi connectivity index (χ1) is 15.9. The number of piperazine rings is 1. The second-order valence-electron chi connectivity index (χ2n) is 7.54. The lowest BCUT2D eigenvalue weighted by molar-refractivity contribution is -0.145. The van der Waals surface area contributed by atoms with E-state index in [9.17, 15) is 19.2 Å². The fourth-order valence-corrected chi connectivity index (χ4v) is 3.57. The topological polar surface area (TPSA) is 136 Å². The molecule has 10 heteroatoms. The lowest BCUT2D eigenvalue weighted by atomic mass is 10.0. The molecular weight excluding hydrogens is 428 g/mol. The Balaban J connectivity index is 1.60. The van der Waals surface area contributed by atoms with E-state index in [2.05, 4.69) is 20.9 Å². The molecule has 33 heavy (non-hydrogen) atoms. The van der Waals surface area contributed by atoms with Gasteiger partial charge in [-0.15, -0.1) is 0 Å². The first-order valence-electron chi connectivity index (χ1n) is 10.4. The van der Waals surface area contributed by atoms with Gasteiger partial charge in [-0.2, -0.15) is 0 Å². The van der Waals surface area contributed by atoms with Gasteiger partial charge in [0.2, 0.25) is 23.6 Å². The Kier molecular flexibility index (Phi) is 7.96. The maximum absolute atomic E-state index is 12.6. The molecule has 3 atom stereocenters. The van der Waals surface area contributed by atoms with Crippen LogP contribution in [0.3, 0.4) is 0 Å². The molecule has 1 fully saturated rings. The van der Waals surface area contributed by atoms with Crippen molar-refractivity contribution in [1.29, 1.82) is 0 Å². The van der Waals surface area contributed by atoms with Gasteiger partial charge in [-0.25, -0.2) is 9.78 Å². The third-order valence-corrected chi connectivity index (χ3v) is 5.23. The zero-order valence-corrected chi connectivity index (χ0v) is 18.4. The molecule has 1 aromatic carbocycles. The molecule has 2 aromatic rings. The maximum atomic E-state index is 12.6. The molecule has 0 bridgehead atoms. The molecule has 0 radical (unpaired) electrons. The van der Waals surface area contributed by atoms with Crippen LogP contribution in [0.4, 0.5) is 0 Å². The summed E-state index contributed by atoms with van der Waals surface area (Å²) in [5.41, 5.74) is 1.50. The number of hydrogen-bond donors (Lipinski definition) is 3. The van der Waals surface area contributed by atoms with Gasteiger partial charge in [-0.3, -0.25) is 14.4 Å². The first kappa shape index (κ1) is 23.7. The van der Waals surface area contributed by atoms with Crippen molar-refractivity contribution in [1.82, 2.24) is 20.9 Å². The molecule has 2 heterocycles. The van der Waals surface area contributed by atoms with Crippen molar-refractivity contribution in [2.45, 2.75) is 37.4 Å². The number of nitrogens with one attached hydrogen (secondary N) is 3. The Morgan fingerprint density at radius 2 is 1.73 bits per heavy atom. The van der Waals surface area contributed by atoms with Gasteiger partial charge in [0.1, 0.15) is 18.1 Å². The summed E-state index contributed by atoms with van der Waals surface area (Å²) in [5, 5.41) is 7.83. The molecule has 0 saturated carbocycles. The second-order valence-corrected chi connectivity index (χ2v) is 7.54. The quantitative estimate of drug-likeness (QED) is 0.451. The normalized spacial score (nSPS) is 18.5. The molecule has 10 nitrogen and oxygen atoms in total. The van der Waals surface area contributed by atoms with Crippen LogP contribution in [0.25, 0.3) is 0 Å². The Hall–Kier alpha value is -3.95. The molecule has 0 spiro atoms. The zero-order valence-electron chi connectivity index (χ0n) is 18.4. The van der Waals surface area contributed by atoms with Gasteiger partial charge in [0, 0.05) is 24.6 Å². The van der Waals surface area contributed by atoms with Crippen molar-refractivity contribution < 1.29 is 28.7 Å². The molecule has 3 rings (SSSR count). The van der Waals surface area contributed by atoms with Crippen molar-refractivity contribution in [3.8, 4) is 5.88 Å². The minimum absolute atomic E-state index is 0.0811. The highest BCUT2D eigenvalue weighted by molar-refractivity contribution is 5.99. The van der Waals surface area contributed by atoms with Crippen molar-refractivity contribution >= 4 is 23.7 Å². The molecule has 0 unspecified atom stereocenters. The second kappa shape index (κ2) is 11.1. The SMILES string of the molecule is COC(=O)[C@@H](Cc1cccnc1OC)NC(=O)C[C@@H]1NC(=O)[C@H](Cc2ccccc2)NC1=O. The smallest absolute Gasteiger partial charge is 0.328 e. The highest BCUT2D eigenvalue weighted by atomic mass is 16.5.